The van der Waals surface area contributed by atoms with Gasteiger partial charge in [-0.2, -0.15) is 0 Å². The summed E-state index contributed by atoms with van der Waals surface area (Å²) in [6, 6.07) is 26.8. The maximum atomic E-state index is 14.2. The number of ether oxygens (including phenoxy) is 1. The predicted octanol–water partition coefficient (Wildman–Crippen LogP) is 5.12. The molecule has 3 aliphatic rings. The second-order valence-corrected chi connectivity index (χ2v) is 9.92. The minimum atomic E-state index is -0.819. The molecule has 6 nitrogen and oxygen atoms in total. The number of benzene rings is 4. The number of fused-ring (bicyclic) bond motifs is 6. The van der Waals surface area contributed by atoms with E-state index in [4.69, 9.17) is 4.74 Å². The number of nitrogens with zero attached hydrogens (tertiary/aromatic N) is 2. The van der Waals surface area contributed by atoms with E-state index in [-0.39, 0.29) is 17.6 Å². The second kappa shape index (κ2) is 8.42. The van der Waals surface area contributed by atoms with E-state index in [0.29, 0.717) is 17.0 Å². The first kappa shape index (κ1) is 22.5. The molecule has 38 heavy (non-hydrogen) atoms. The van der Waals surface area contributed by atoms with E-state index >= 15 is 0 Å². The molecule has 0 bridgehead atoms. The highest BCUT2D eigenvalue weighted by Gasteiger charge is 2.64. The summed E-state index contributed by atoms with van der Waals surface area (Å²) in [5.74, 6) is -1.61. The third kappa shape index (κ3) is 3.10. The molecule has 0 aliphatic carbocycles. The third-order valence-electron chi connectivity index (χ3n) is 8.07. The topological polar surface area (TPSA) is 66.9 Å². The van der Waals surface area contributed by atoms with E-state index in [1.54, 1.807) is 31.4 Å². The fraction of sp³-hybridized carbons (Fsp3) is 0.156. The number of carbonyl (C=O) groups is 3. The highest BCUT2D eigenvalue weighted by molar-refractivity contribution is 6.27. The molecule has 186 valence electrons. The van der Waals surface area contributed by atoms with Crippen LogP contribution in [0.15, 0.2) is 97.1 Å². The molecule has 3 aliphatic heterocycles. The molecule has 6 heteroatoms. The van der Waals surface area contributed by atoms with Crippen molar-refractivity contribution in [2.75, 3.05) is 16.9 Å². The Morgan fingerprint density at radius 3 is 2.26 bits per heavy atom. The number of hydrogen-bond donors (Lipinski definition) is 0. The van der Waals surface area contributed by atoms with Crippen LogP contribution in [0, 0.1) is 11.8 Å². The highest BCUT2D eigenvalue weighted by Crippen LogP contribution is 2.50. The first-order valence-corrected chi connectivity index (χ1v) is 12.7. The van der Waals surface area contributed by atoms with Gasteiger partial charge in [-0.05, 0) is 47.3 Å². The van der Waals surface area contributed by atoms with Crippen LogP contribution >= 0.6 is 0 Å². The Bertz CT molecular complexity index is 1650. The van der Waals surface area contributed by atoms with E-state index < -0.39 is 23.9 Å². The SMILES string of the molecule is COc1ccc(C(=O)[C@H]2[C@H]3C(=O)N(c4cccc5ccccc45)C(=O)[C@H]3[C@@H]3C=Cc4ccccc4N32)cc1. The third-order valence-corrected chi connectivity index (χ3v) is 8.07. The summed E-state index contributed by atoms with van der Waals surface area (Å²) in [5, 5.41) is 1.78. The molecule has 7 rings (SSSR count). The highest BCUT2D eigenvalue weighted by atomic mass is 16.5. The van der Waals surface area contributed by atoms with Gasteiger partial charge in [-0.3, -0.25) is 14.4 Å². The number of para-hydroxylation sites is 1. The average molecular weight is 501 g/mol. The zero-order valence-corrected chi connectivity index (χ0v) is 20.7. The zero-order valence-electron chi connectivity index (χ0n) is 20.7. The van der Waals surface area contributed by atoms with Gasteiger partial charge in [-0.15, -0.1) is 0 Å². The van der Waals surface area contributed by atoms with Crippen molar-refractivity contribution in [1.82, 2.24) is 0 Å². The van der Waals surface area contributed by atoms with Gasteiger partial charge >= 0.3 is 0 Å². The molecule has 4 atom stereocenters. The minimum absolute atomic E-state index is 0.184. The number of rotatable bonds is 4. The van der Waals surface area contributed by atoms with Crippen LogP contribution in [-0.4, -0.2) is 36.8 Å². The quantitative estimate of drug-likeness (QED) is 0.287. The molecule has 0 unspecified atom stereocenters. The van der Waals surface area contributed by atoms with E-state index in [1.165, 1.54) is 4.90 Å². The zero-order chi connectivity index (χ0) is 26.0. The van der Waals surface area contributed by atoms with Crippen molar-refractivity contribution in [2.45, 2.75) is 12.1 Å². The van der Waals surface area contributed by atoms with E-state index in [0.717, 1.165) is 22.0 Å². The maximum absolute atomic E-state index is 14.2. The van der Waals surface area contributed by atoms with Gasteiger partial charge in [-0.25, -0.2) is 4.90 Å². The number of imide groups is 1. The van der Waals surface area contributed by atoms with Gasteiger partial charge in [0.2, 0.25) is 11.8 Å². The van der Waals surface area contributed by atoms with Crippen LogP contribution in [0.5, 0.6) is 5.75 Å². The molecular weight excluding hydrogens is 476 g/mol. The summed E-state index contributed by atoms with van der Waals surface area (Å²) >= 11 is 0. The van der Waals surface area contributed by atoms with E-state index in [1.807, 2.05) is 83.8 Å². The van der Waals surface area contributed by atoms with Crippen LogP contribution in [0.1, 0.15) is 15.9 Å². The minimum Gasteiger partial charge on any atom is -0.497 e. The van der Waals surface area contributed by atoms with Gasteiger partial charge in [0, 0.05) is 16.6 Å². The molecule has 4 aromatic rings. The van der Waals surface area contributed by atoms with Crippen LogP contribution in [0.2, 0.25) is 0 Å². The van der Waals surface area contributed by atoms with Gasteiger partial charge in [0.15, 0.2) is 5.78 Å². The summed E-state index contributed by atoms with van der Waals surface area (Å²) in [4.78, 5) is 45.8. The van der Waals surface area contributed by atoms with Crippen molar-refractivity contribution >= 4 is 45.8 Å². The van der Waals surface area contributed by atoms with Gasteiger partial charge in [-0.1, -0.05) is 66.7 Å². The first-order valence-electron chi connectivity index (χ1n) is 12.7. The van der Waals surface area contributed by atoms with Crippen LogP contribution in [0.25, 0.3) is 16.8 Å². The number of methoxy groups -OCH3 is 1. The molecule has 0 saturated carbocycles. The number of hydrogen-bond acceptors (Lipinski definition) is 5. The monoisotopic (exact) mass is 500 g/mol. The Morgan fingerprint density at radius 1 is 0.763 bits per heavy atom. The number of amides is 2. The van der Waals surface area contributed by atoms with Gasteiger partial charge in [0.25, 0.3) is 0 Å². The van der Waals surface area contributed by atoms with Gasteiger partial charge in [0.05, 0.1) is 30.7 Å². The van der Waals surface area contributed by atoms with Crippen molar-refractivity contribution in [3.05, 3.63) is 108 Å². The Hall–Kier alpha value is -4.71. The van der Waals surface area contributed by atoms with Crippen molar-refractivity contribution in [3.63, 3.8) is 0 Å². The normalized spacial score (nSPS) is 23.4. The number of Topliss-reactive ketones (excluding diaryl/α,β-unsaturated/α-hetero) is 1. The number of anilines is 2. The molecule has 0 radical (unpaired) electrons. The largest absolute Gasteiger partial charge is 0.497 e. The molecule has 2 fully saturated rings. The van der Waals surface area contributed by atoms with E-state index in [9.17, 15) is 14.4 Å². The Balaban J connectivity index is 1.38. The summed E-state index contributed by atoms with van der Waals surface area (Å²) < 4.78 is 5.27. The Labute approximate surface area is 219 Å². The lowest BCUT2D eigenvalue weighted by Gasteiger charge is -2.36. The smallest absolute Gasteiger partial charge is 0.240 e. The van der Waals surface area contributed by atoms with Crippen LogP contribution in [-0.2, 0) is 9.59 Å². The fourth-order valence-corrected chi connectivity index (χ4v) is 6.38. The van der Waals surface area contributed by atoms with Crippen LogP contribution < -0.4 is 14.5 Å². The van der Waals surface area contributed by atoms with Gasteiger partial charge in [0.1, 0.15) is 11.8 Å². The Morgan fingerprint density at radius 2 is 1.45 bits per heavy atom. The molecule has 4 aromatic carbocycles. The standard InChI is InChI=1S/C32H24N2O4/c1-38-22-16-13-21(14-17-22)30(35)29-28-27(26-18-15-20-8-3-5-11-24(20)33(26)29)31(36)34(32(28)37)25-12-6-9-19-7-2-4-10-23(19)25/h2-18,26-29H,1H3/t26-,27-,28-,29+/m0/s1. The Kier molecular flexibility index (Phi) is 4.98. The molecule has 3 heterocycles. The lowest BCUT2D eigenvalue weighted by Crippen LogP contribution is -2.48. The van der Waals surface area contributed by atoms with Crippen LogP contribution in [0.3, 0.4) is 0 Å². The lowest BCUT2D eigenvalue weighted by molar-refractivity contribution is -0.122. The molecule has 2 saturated heterocycles. The van der Waals surface area contributed by atoms with Crippen molar-refractivity contribution in [3.8, 4) is 5.75 Å². The predicted molar refractivity (Wildman–Crippen MR) is 146 cm³/mol. The first-order chi connectivity index (χ1) is 18.6. The number of carbonyl (C=O) groups excluding carboxylic acids is 3. The molecule has 0 N–H and O–H groups in total. The van der Waals surface area contributed by atoms with Crippen molar-refractivity contribution in [2.24, 2.45) is 11.8 Å². The number of ketones is 1. The maximum Gasteiger partial charge on any atom is 0.240 e. The lowest BCUT2D eigenvalue weighted by atomic mass is 9.86. The average Bonchev–Trinajstić information content (AvgIpc) is 3.44. The van der Waals surface area contributed by atoms with Crippen molar-refractivity contribution in [1.29, 1.82) is 0 Å². The molecule has 2 amide bonds. The summed E-state index contributed by atoms with van der Waals surface area (Å²) in [6.45, 7) is 0. The second-order valence-electron chi connectivity index (χ2n) is 9.92. The molecular formula is C32H24N2O4. The summed E-state index contributed by atoms with van der Waals surface area (Å²) in [5.41, 5.74) is 2.86. The van der Waals surface area contributed by atoms with Crippen molar-refractivity contribution < 1.29 is 19.1 Å². The van der Waals surface area contributed by atoms with E-state index in [2.05, 4.69) is 0 Å². The van der Waals surface area contributed by atoms with Crippen LogP contribution in [0.4, 0.5) is 11.4 Å². The molecule has 0 aromatic heterocycles. The fourth-order valence-electron chi connectivity index (χ4n) is 6.38. The summed E-state index contributed by atoms with van der Waals surface area (Å²) in [6.07, 6.45) is 3.96. The van der Waals surface area contributed by atoms with Gasteiger partial charge < -0.3 is 9.64 Å². The summed E-state index contributed by atoms with van der Waals surface area (Å²) in [7, 11) is 1.57. The molecule has 0 spiro atoms.